The van der Waals surface area contributed by atoms with Gasteiger partial charge in [0.15, 0.2) is 0 Å². The second kappa shape index (κ2) is 9.97. The predicted molar refractivity (Wildman–Crippen MR) is 108 cm³/mol. The molecule has 0 saturated carbocycles. The number of anilines is 1. The summed E-state index contributed by atoms with van der Waals surface area (Å²) in [5.41, 5.74) is 2.63. The second-order valence-corrected chi connectivity index (χ2v) is 6.70. The van der Waals surface area contributed by atoms with Crippen molar-refractivity contribution in [3.05, 3.63) is 58.6 Å². The summed E-state index contributed by atoms with van der Waals surface area (Å²) < 4.78 is 5.13. The van der Waals surface area contributed by atoms with Crippen molar-refractivity contribution in [2.45, 2.75) is 26.7 Å². The summed E-state index contributed by atoms with van der Waals surface area (Å²) in [4.78, 5) is 26.4. The number of likely N-dealkylation sites (N-methyl/N-ethyl adjacent to an activating group) is 1. The summed E-state index contributed by atoms with van der Waals surface area (Å²) in [6, 6.07) is 12.9. The van der Waals surface area contributed by atoms with Crippen LogP contribution in [0.5, 0.6) is 5.75 Å². The Labute approximate surface area is 165 Å². The van der Waals surface area contributed by atoms with Crippen LogP contribution in [-0.2, 0) is 16.0 Å². The normalized spacial score (nSPS) is 10.4. The second-order valence-electron chi connectivity index (χ2n) is 6.26. The number of amides is 2. The maximum Gasteiger partial charge on any atom is 0.244 e. The Kier molecular flexibility index (Phi) is 7.67. The van der Waals surface area contributed by atoms with Gasteiger partial charge in [-0.3, -0.25) is 9.59 Å². The number of carbonyl (C=O) groups is 2. The first-order chi connectivity index (χ1) is 12.9. The Morgan fingerprint density at radius 3 is 2.48 bits per heavy atom. The number of benzene rings is 2. The quantitative estimate of drug-likeness (QED) is 0.741. The van der Waals surface area contributed by atoms with Gasteiger partial charge in [0.2, 0.25) is 11.8 Å². The monoisotopic (exact) mass is 388 g/mol. The molecule has 0 aromatic heterocycles. The molecular weight excluding hydrogens is 364 g/mol. The van der Waals surface area contributed by atoms with Crippen molar-refractivity contribution in [1.29, 1.82) is 0 Å². The van der Waals surface area contributed by atoms with E-state index in [1.54, 1.807) is 24.1 Å². The molecule has 0 saturated heterocycles. The van der Waals surface area contributed by atoms with Crippen molar-refractivity contribution < 1.29 is 14.3 Å². The average Bonchev–Trinajstić information content (AvgIpc) is 2.67. The standard InChI is InChI=1S/C21H25ClN2O3/c1-4-24(14-20(25)23-19-13-17(22)9-5-15(19)2)21(26)12-8-16-6-10-18(27-3)11-7-16/h5-7,9-11,13H,4,8,12,14H2,1-3H3,(H,23,25). The summed E-state index contributed by atoms with van der Waals surface area (Å²) in [6.07, 6.45) is 0.970. The van der Waals surface area contributed by atoms with Crippen LogP contribution in [0.25, 0.3) is 0 Å². The lowest BCUT2D eigenvalue weighted by atomic mass is 10.1. The lowest BCUT2D eigenvalue weighted by molar-refractivity contribution is -0.134. The number of methoxy groups -OCH3 is 1. The van der Waals surface area contributed by atoms with E-state index in [9.17, 15) is 9.59 Å². The highest BCUT2D eigenvalue weighted by atomic mass is 35.5. The number of nitrogens with zero attached hydrogens (tertiary/aromatic N) is 1. The number of ether oxygens (including phenoxy) is 1. The molecular formula is C21H25ClN2O3. The van der Waals surface area contributed by atoms with Gasteiger partial charge in [-0.25, -0.2) is 0 Å². The number of aryl methyl sites for hydroxylation is 2. The van der Waals surface area contributed by atoms with Crippen molar-refractivity contribution in [3.63, 3.8) is 0 Å². The fraction of sp³-hybridized carbons (Fsp3) is 0.333. The van der Waals surface area contributed by atoms with Crippen LogP contribution in [0.4, 0.5) is 5.69 Å². The first-order valence-electron chi connectivity index (χ1n) is 8.89. The number of nitrogens with one attached hydrogen (secondary N) is 1. The molecule has 0 fully saturated rings. The largest absolute Gasteiger partial charge is 0.497 e. The molecule has 2 aromatic rings. The zero-order valence-electron chi connectivity index (χ0n) is 15.9. The van der Waals surface area contributed by atoms with Crippen LogP contribution in [0, 0.1) is 6.92 Å². The third-order valence-corrected chi connectivity index (χ3v) is 4.56. The van der Waals surface area contributed by atoms with Gasteiger partial charge >= 0.3 is 0 Å². The molecule has 0 spiro atoms. The molecule has 6 heteroatoms. The van der Waals surface area contributed by atoms with Gasteiger partial charge in [-0.2, -0.15) is 0 Å². The minimum atomic E-state index is -0.236. The van der Waals surface area contributed by atoms with E-state index in [1.807, 2.05) is 44.2 Å². The van der Waals surface area contributed by atoms with Gasteiger partial charge in [0, 0.05) is 23.7 Å². The molecule has 27 heavy (non-hydrogen) atoms. The van der Waals surface area contributed by atoms with E-state index in [4.69, 9.17) is 16.3 Å². The molecule has 0 radical (unpaired) electrons. The Hall–Kier alpha value is -2.53. The zero-order chi connectivity index (χ0) is 19.8. The third-order valence-electron chi connectivity index (χ3n) is 4.33. The minimum absolute atomic E-state index is 0.0178. The van der Waals surface area contributed by atoms with Gasteiger partial charge in [0.1, 0.15) is 5.75 Å². The zero-order valence-corrected chi connectivity index (χ0v) is 16.7. The highest BCUT2D eigenvalue weighted by Crippen LogP contribution is 2.20. The highest BCUT2D eigenvalue weighted by Gasteiger charge is 2.16. The molecule has 0 aliphatic rings. The fourth-order valence-electron chi connectivity index (χ4n) is 2.67. The molecule has 0 unspecified atom stereocenters. The molecule has 0 atom stereocenters. The van der Waals surface area contributed by atoms with Crippen LogP contribution in [0.15, 0.2) is 42.5 Å². The average molecular weight is 389 g/mol. The van der Waals surface area contributed by atoms with Crippen LogP contribution >= 0.6 is 11.6 Å². The van der Waals surface area contributed by atoms with Crippen LogP contribution in [0.1, 0.15) is 24.5 Å². The molecule has 2 rings (SSSR count). The Morgan fingerprint density at radius 1 is 1.15 bits per heavy atom. The first kappa shape index (κ1) is 20.8. The van der Waals surface area contributed by atoms with E-state index in [1.165, 1.54) is 0 Å². The first-order valence-corrected chi connectivity index (χ1v) is 9.27. The Bertz CT molecular complexity index is 791. The summed E-state index contributed by atoms with van der Waals surface area (Å²) in [5.74, 6) is 0.500. The van der Waals surface area contributed by atoms with Crippen LogP contribution < -0.4 is 10.1 Å². The fourth-order valence-corrected chi connectivity index (χ4v) is 2.84. The number of hydrogen-bond donors (Lipinski definition) is 1. The van der Waals surface area contributed by atoms with Crippen molar-refractivity contribution in [1.82, 2.24) is 4.90 Å². The van der Waals surface area contributed by atoms with Crippen molar-refractivity contribution in [2.24, 2.45) is 0 Å². The number of carbonyl (C=O) groups excluding carboxylic acids is 2. The SMILES string of the molecule is CCN(CC(=O)Nc1cc(Cl)ccc1C)C(=O)CCc1ccc(OC)cc1. The molecule has 144 valence electrons. The van der Waals surface area contributed by atoms with Crippen LogP contribution in [0.2, 0.25) is 5.02 Å². The maximum absolute atomic E-state index is 12.5. The summed E-state index contributed by atoms with van der Waals surface area (Å²) in [7, 11) is 1.62. The maximum atomic E-state index is 12.5. The molecule has 0 bridgehead atoms. The van der Waals surface area contributed by atoms with Gasteiger partial charge in [-0.15, -0.1) is 0 Å². The molecule has 1 N–H and O–H groups in total. The predicted octanol–water partition coefficient (Wildman–Crippen LogP) is 4.08. The minimum Gasteiger partial charge on any atom is -0.497 e. The summed E-state index contributed by atoms with van der Waals surface area (Å²) in [5, 5.41) is 3.38. The van der Waals surface area contributed by atoms with Gasteiger partial charge in [0.05, 0.1) is 13.7 Å². The molecule has 5 nitrogen and oxygen atoms in total. The van der Waals surface area contributed by atoms with E-state index < -0.39 is 0 Å². The van der Waals surface area contributed by atoms with E-state index in [2.05, 4.69) is 5.32 Å². The molecule has 0 aliphatic heterocycles. The van der Waals surface area contributed by atoms with Crippen molar-refractivity contribution in [3.8, 4) is 5.75 Å². The van der Waals surface area contributed by atoms with E-state index in [0.29, 0.717) is 30.1 Å². The van der Waals surface area contributed by atoms with Crippen LogP contribution in [0.3, 0.4) is 0 Å². The van der Waals surface area contributed by atoms with E-state index >= 15 is 0 Å². The Morgan fingerprint density at radius 2 is 1.85 bits per heavy atom. The smallest absolute Gasteiger partial charge is 0.244 e. The van der Waals surface area contributed by atoms with Gasteiger partial charge in [0.25, 0.3) is 0 Å². The number of rotatable bonds is 8. The number of halogens is 1. The van der Waals surface area contributed by atoms with E-state index in [0.717, 1.165) is 16.9 Å². The van der Waals surface area contributed by atoms with Gasteiger partial charge in [-0.1, -0.05) is 29.8 Å². The lowest BCUT2D eigenvalue weighted by Crippen LogP contribution is -2.38. The van der Waals surface area contributed by atoms with Crippen molar-refractivity contribution in [2.75, 3.05) is 25.5 Å². The van der Waals surface area contributed by atoms with Crippen molar-refractivity contribution >= 4 is 29.1 Å². The molecule has 2 amide bonds. The third kappa shape index (κ3) is 6.29. The number of hydrogen-bond acceptors (Lipinski definition) is 3. The molecule has 0 heterocycles. The van der Waals surface area contributed by atoms with E-state index in [-0.39, 0.29) is 18.4 Å². The van der Waals surface area contributed by atoms with Gasteiger partial charge < -0.3 is 15.0 Å². The Balaban J connectivity index is 1.89. The van der Waals surface area contributed by atoms with Gasteiger partial charge in [-0.05, 0) is 55.7 Å². The topological polar surface area (TPSA) is 58.6 Å². The van der Waals surface area contributed by atoms with Crippen LogP contribution in [-0.4, -0.2) is 36.9 Å². The summed E-state index contributed by atoms with van der Waals surface area (Å²) >= 11 is 5.98. The summed E-state index contributed by atoms with van der Waals surface area (Å²) in [6.45, 7) is 4.25. The molecule has 2 aromatic carbocycles. The lowest BCUT2D eigenvalue weighted by Gasteiger charge is -2.21. The highest BCUT2D eigenvalue weighted by molar-refractivity contribution is 6.31. The molecule has 0 aliphatic carbocycles.